The van der Waals surface area contributed by atoms with Gasteiger partial charge in [-0.05, 0) is 33.1 Å². The average Bonchev–Trinajstić information content (AvgIpc) is 2.18. The standard InChI is InChI=1S/C6H13NO.C6H15N/c1-2-7-3-5-8-6-4-7;1-6(2)5-7(3)4/h2-6H2,1H3;6H,5H2,1-4H3. The van der Waals surface area contributed by atoms with Crippen LogP contribution in [-0.2, 0) is 4.74 Å². The first-order chi connectivity index (χ1) is 7.06. The molecule has 0 saturated carbocycles. The molecule has 0 bridgehead atoms. The molecule has 1 heterocycles. The van der Waals surface area contributed by atoms with Gasteiger partial charge in [0.2, 0.25) is 0 Å². The predicted molar refractivity (Wildman–Crippen MR) is 66.3 cm³/mol. The monoisotopic (exact) mass is 216 g/mol. The van der Waals surface area contributed by atoms with Crippen LogP contribution >= 0.6 is 0 Å². The number of hydrogen-bond acceptors (Lipinski definition) is 3. The van der Waals surface area contributed by atoms with Crippen LogP contribution in [0.5, 0.6) is 0 Å². The minimum Gasteiger partial charge on any atom is -0.379 e. The third-order valence-corrected chi connectivity index (χ3v) is 2.28. The quantitative estimate of drug-likeness (QED) is 0.712. The molecule has 0 spiro atoms. The van der Waals surface area contributed by atoms with Gasteiger partial charge in [0.1, 0.15) is 0 Å². The zero-order valence-electron chi connectivity index (χ0n) is 11.1. The van der Waals surface area contributed by atoms with Gasteiger partial charge < -0.3 is 9.64 Å². The van der Waals surface area contributed by atoms with E-state index in [9.17, 15) is 0 Å². The summed E-state index contributed by atoms with van der Waals surface area (Å²) < 4.78 is 5.16. The summed E-state index contributed by atoms with van der Waals surface area (Å²) >= 11 is 0. The first-order valence-corrected chi connectivity index (χ1v) is 6.01. The SMILES string of the molecule is CC(C)CN(C)C.CCN1CCOCC1. The lowest BCUT2D eigenvalue weighted by atomic mass is 10.2. The number of ether oxygens (including phenoxy) is 1. The van der Waals surface area contributed by atoms with Gasteiger partial charge in [0.15, 0.2) is 0 Å². The Morgan fingerprint density at radius 3 is 1.93 bits per heavy atom. The third kappa shape index (κ3) is 10.2. The smallest absolute Gasteiger partial charge is 0.0594 e. The highest BCUT2D eigenvalue weighted by Crippen LogP contribution is 1.93. The van der Waals surface area contributed by atoms with Crippen molar-refractivity contribution >= 4 is 0 Å². The van der Waals surface area contributed by atoms with Crippen molar-refractivity contribution in [3.63, 3.8) is 0 Å². The Balaban J connectivity index is 0.000000265. The summed E-state index contributed by atoms with van der Waals surface area (Å²) in [6, 6.07) is 0. The molecule has 1 aliphatic heterocycles. The van der Waals surface area contributed by atoms with Gasteiger partial charge >= 0.3 is 0 Å². The highest BCUT2D eigenvalue weighted by Gasteiger charge is 2.05. The normalized spacial score (nSPS) is 17.8. The van der Waals surface area contributed by atoms with E-state index in [0.29, 0.717) is 0 Å². The summed E-state index contributed by atoms with van der Waals surface area (Å²) in [5.41, 5.74) is 0. The molecule has 0 aromatic heterocycles. The minimum absolute atomic E-state index is 0.801. The Bertz CT molecular complexity index is 126. The van der Waals surface area contributed by atoms with Crippen molar-refractivity contribution in [2.75, 3.05) is 53.5 Å². The van der Waals surface area contributed by atoms with Crippen LogP contribution in [-0.4, -0.2) is 63.3 Å². The summed E-state index contributed by atoms with van der Waals surface area (Å²) in [6.45, 7) is 13.1. The molecule has 1 rings (SSSR count). The second-order valence-corrected chi connectivity index (χ2v) is 4.70. The van der Waals surface area contributed by atoms with Crippen molar-refractivity contribution in [1.82, 2.24) is 9.80 Å². The predicted octanol–water partition coefficient (Wildman–Crippen LogP) is 1.54. The van der Waals surface area contributed by atoms with Crippen LogP contribution in [0.3, 0.4) is 0 Å². The molecule has 3 heteroatoms. The Morgan fingerprint density at radius 2 is 1.73 bits per heavy atom. The van der Waals surface area contributed by atoms with Gasteiger partial charge in [0.25, 0.3) is 0 Å². The summed E-state index contributed by atoms with van der Waals surface area (Å²) in [7, 11) is 4.19. The highest BCUT2D eigenvalue weighted by atomic mass is 16.5. The second-order valence-electron chi connectivity index (χ2n) is 4.70. The van der Waals surface area contributed by atoms with Crippen LogP contribution in [0.4, 0.5) is 0 Å². The highest BCUT2D eigenvalue weighted by molar-refractivity contribution is 4.57. The fraction of sp³-hybridized carbons (Fsp3) is 1.00. The van der Waals surface area contributed by atoms with Gasteiger partial charge in [-0.15, -0.1) is 0 Å². The molecular weight excluding hydrogens is 188 g/mol. The van der Waals surface area contributed by atoms with Crippen LogP contribution in [0.1, 0.15) is 20.8 Å². The van der Waals surface area contributed by atoms with E-state index in [1.165, 1.54) is 13.1 Å². The van der Waals surface area contributed by atoms with Crippen molar-refractivity contribution in [3.8, 4) is 0 Å². The topological polar surface area (TPSA) is 15.7 Å². The summed E-state index contributed by atoms with van der Waals surface area (Å²) in [5.74, 6) is 0.801. The van der Waals surface area contributed by atoms with Gasteiger partial charge in [-0.3, -0.25) is 4.90 Å². The molecule has 0 N–H and O–H groups in total. The number of nitrogens with zero attached hydrogens (tertiary/aromatic N) is 2. The Labute approximate surface area is 95.4 Å². The van der Waals surface area contributed by atoms with Crippen LogP contribution < -0.4 is 0 Å². The zero-order valence-corrected chi connectivity index (χ0v) is 11.1. The maximum absolute atomic E-state index is 5.16. The molecule has 0 radical (unpaired) electrons. The van der Waals surface area contributed by atoms with Gasteiger partial charge in [0.05, 0.1) is 13.2 Å². The van der Waals surface area contributed by atoms with E-state index >= 15 is 0 Å². The summed E-state index contributed by atoms with van der Waals surface area (Å²) in [5, 5.41) is 0. The van der Waals surface area contributed by atoms with Crippen molar-refractivity contribution in [1.29, 1.82) is 0 Å². The number of morpholine rings is 1. The lowest BCUT2D eigenvalue weighted by molar-refractivity contribution is 0.0405. The van der Waals surface area contributed by atoms with Crippen molar-refractivity contribution in [2.24, 2.45) is 5.92 Å². The molecule has 0 aliphatic carbocycles. The van der Waals surface area contributed by atoms with Gasteiger partial charge in [-0.1, -0.05) is 20.8 Å². The number of hydrogen-bond donors (Lipinski definition) is 0. The van der Waals surface area contributed by atoms with E-state index in [4.69, 9.17) is 4.74 Å². The second kappa shape index (κ2) is 9.13. The van der Waals surface area contributed by atoms with Crippen LogP contribution in [0.15, 0.2) is 0 Å². The fourth-order valence-corrected chi connectivity index (χ4v) is 1.65. The first kappa shape index (κ1) is 14.9. The maximum Gasteiger partial charge on any atom is 0.0594 e. The molecule has 15 heavy (non-hydrogen) atoms. The van der Waals surface area contributed by atoms with Crippen LogP contribution in [0.2, 0.25) is 0 Å². The van der Waals surface area contributed by atoms with Crippen LogP contribution in [0.25, 0.3) is 0 Å². The lowest BCUT2D eigenvalue weighted by Crippen LogP contribution is -2.35. The minimum atomic E-state index is 0.801. The molecule has 0 aromatic carbocycles. The largest absolute Gasteiger partial charge is 0.379 e. The fourth-order valence-electron chi connectivity index (χ4n) is 1.65. The van der Waals surface area contributed by atoms with Gasteiger partial charge in [-0.25, -0.2) is 0 Å². The van der Waals surface area contributed by atoms with Gasteiger partial charge in [-0.2, -0.15) is 0 Å². The Kier molecular flexibility index (Phi) is 9.06. The molecule has 0 atom stereocenters. The average molecular weight is 216 g/mol. The molecule has 0 amide bonds. The maximum atomic E-state index is 5.16. The molecule has 3 nitrogen and oxygen atoms in total. The Morgan fingerprint density at radius 1 is 1.20 bits per heavy atom. The third-order valence-electron chi connectivity index (χ3n) is 2.28. The molecule has 0 aromatic rings. The summed E-state index contributed by atoms with van der Waals surface area (Å²) in [4.78, 5) is 4.59. The van der Waals surface area contributed by atoms with Gasteiger partial charge in [0, 0.05) is 13.1 Å². The molecule has 1 fully saturated rings. The van der Waals surface area contributed by atoms with Crippen molar-refractivity contribution in [2.45, 2.75) is 20.8 Å². The van der Waals surface area contributed by atoms with E-state index in [0.717, 1.165) is 32.2 Å². The molecule has 92 valence electrons. The van der Waals surface area contributed by atoms with E-state index in [2.05, 4.69) is 44.7 Å². The Hall–Kier alpha value is -0.120. The number of rotatable bonds is 3. The number of likely N-dealkylation sites (N-methyl/N-ethyl adjacent to an activating group) is 1. The van der Waals surface area contributed by atoms with Crippen molar-refractivity contribution in [3.05, 3.63) is 0 Å². The van der Waals surface area contributed by atoms with Crippen molar-refractivity contribution < 1.29 is 4.74 Å². The molecule has 1 saturated heterocycles. The summed E-state index contributed by atoms with van der Waals surface area (Å²) in [6.07, 6.45) is 0. The van der Waals surface area contributed by atoms with E-state index in [1.807, 2.05) is 0 Å². The molecular formula is C12H28N2O. The first-order valence-electron chi connectivity index (χ1n) is 6.01. The zero-order chi connectivity index (χ0) is 11.7. The van der Waals surface area contributed by atoms with Crippen LogP contribution in [0, 0.1) is 5.92 Å². The van der Waals surface area contributed by atoms with E-state index in [-0.39, 0.29) is 0 Å². The van der Waals surface area contributed by atoms with E-state index < -0.39 is 0 Å². The van der Waals surface area contributed by atoms with E-state index in [1.54, 1.807) is 0 Å². The lowest BCUT2D eigenvalue weighted by Gasteiger charge is -2.24. The molecule has 0 unspecified atom stereocenters. The molecule has 1 aliphatic rings.